The number of piperidine rings is 1. The molecule has 17 heavy (non-hydrogen) atoms. The lowest BCUT2D eigenvalue weighted by Gasteiger charge is -2.32. The minimum Gasteiger partial charge on any atom is -0.354 e. The van der Waals surface area contributed by atoms with Gasteiger partial charge in [-0.2, -0.15) is 0 Å². The first-order valence-corrected chi connectivity index (χ1v) is 6.13. The zero-order valence-electron chi connectivity index (χ0n) is 10.4. The van der Waals surface area contributed by atoms with Gasteiger partial charge in [-0.25, -0.2) is 5.84 Å². The molecule has 1 atom stereocenters. The fraction of sp³-hybridized carbons (Fsp3) is 0.818. The van der Waals surface area contributed by atoms with Crippen molar-refractivity contribution in [2.45, 2.75) is 38.6 Å². The molecule has 0 aromatic heterocycles. The summed E-state index contributed by atoms with van der Waals surface area (Å²) in [4.78, 5) is 24.6. The Hall–Kier alpha value is -1.14. The Morgan fingerprint density at radius 3 is 2.76 bits per heavy atom. The fourth-order valence-electron chi connectivity index (χ4n) is 2.02. The van der Waals surface area contributed by atoms with E-state index in [0.717, 1.165) is 19.4 Å². The topological polar surface area (TPSA) is 87.5 Å². The third-order valence-electron chi connectivity index (χ3n) is 3.12. The lowest BCUT2D eigenvalue weighted by Crippen LogP contribution is -2.45. The van der Waals surface area contributed by atoms with Crippen LogP contribution in [-0.4, -0.2) is 42.4 Å². The molecule has 1 aliphatic rings. The van der Waals surface area contributed by atoms with Crippen LogP contribution in [0.2, 0.25) is 0 Å². The van der Waals surface area contributed by atoms with Gasteiger partial charge in [-0.1, -0.05) is 6.42 Å². The molecule has 1 fully saturated rings. The summed E-state index contributed by atoms with van der Waals surface area (Å²) in [7, 11) is 0. The molecule has 0 unspecified atom stereocenters. The molecule has 0 saturated carbocycles. The third-order valence-corrected chi connectivity index (χ3v) is 3.12. The minimum absolute atomic E-state index is 0.0245. The second-order valence-corrected chi connectivity index (χ2v) is 4.48. The van der Waals surface area contributed by atoms with Gasteiger partial charge in [-0.05, 0) is 26.3 Å². The summed E-state index contributed by atoms with van der Waals surface area (Å²) in [5.74, 6) is 4.64. The van der Waals surface area contributed by atoms with E-state index in [1.165, 1.54) is 6.42 Å². The maximum atomic E-state index is 11.6. The van der Waals surface area contributed by atoms with Gasteiger partial charge >= 0.3 is 0 Å². The first kappa shape index (κ1) is 13.9. The molecule has 0 radical (unpaired) electrons. The van der Waals surface area contributed by atoms with Crippen molar-refractivity contribution in [3.63, 3.8) is 0 Å². The number of hydrazine groups is 1. The molecule has 0 aromatic carbocycles. The van der Waals surface area contributed by atoms with Gasteiger partial charge in [-0.15, -0.1) is 0 Å². The standard InChI is InChI=1S/C11H22N4O2/c1-9-4-2-3-7-15(9)8-11(17)13-6-5-10(16)14-12/h9H,2-8,12H2,1H3,(H,13,17)(H,14,16)/t9-/m0/s1/i1+1,6+1,11+1,15+1. The predicted molar refractivity (Wildman–Crippen MR) is 64.8 cm³/mol. The number of likely N-dealkylation sites (tertiary alicyclic amines) is 1. The van der Waals surface area contributed by atoms with Crippen molar-refractivity contribution in [2.24, 2.45) is 5.84 Å². The average molecular weight is 246 g/mol. The average Bonchev–Trinajstić information content (AvgIpc) is 2.32. The summed E-state index contributed by atoms with van der Waals surface area (Å²) in [6, 6.07) is 0.474. The van der Waals surface area contributed by atoms with Crippen molar-refractivity contribution in [2.75, 3.05) is 19.6 Å². The van der Waals surface area contributed by atoms with E-state index in [0.29, 0.717) is 19.1 Å². The van der Waals surface area contributed by atoms with E-state index in [1.807, 2.05) is 5.43 Å². The highest BCUT2D eigenvalue weighted by atomic mass is 16.2. The highest BCUT2D eigenvalue weighted by molar-refractivity contribution is 5.79. The molecule has 0 spiro atoms. The van der Waals surface area contributed by atoms with E-state index in [4.69, 9.17) is 5.84 Å². The number of carbonyl (C=O) groups excluding carboxylic acids is 2. The maximum Gasteiger partial charge on any atom is 0.235 e. The van der Waals surface area contributed by atoms with Gasteiger partial charge in [0, 0.05) is 19.0 Å². The second-order valence-electron chi connectivity index (χ2n) is 4.48. The summed E-state index contributed by atoms with van der Waals surface area (Å²) in [6.45, 7) is 3.89. The van der Waals surface area contributed by atoms with Gasteiger partial charge in [0.1, 0.15) is 0 Å². The summed E-state index contributed by atoms with van der Waals surface area (Å²) < 4.78 is 0. The summed E-state index contributed by atoms with van der Waals surface area (Å²) in [6.07, 6.45) is 3.78. The van der Waals surface area contributed by atoms with Crippen LogP contribution >= 0.6 is 0 Å². The van der Waals surface area contributed by atoms with Crippen LogP contribution in [0.3, 0.4) is 0 Å². The number of amides is 2. The Kier molecular flexibility index (Phi) is 5.93. The number of hydrogen-bond acceptors (Lipinski definition) is 4. The second kappa shape index (κ2) is 7.24. The molecule has 98 valence electrons. The number of rotatable bonds is 5. The van der Waals surface area contributed by atoms with Crippen LogP contribution in [0, 0.1) is 0 Å². The van der Waals surface area contributed by atoms with Crippen molar-refractivity contribution in [3.8, 4) is 0 Å². The number of nitrogens with two attached hydrogens (primary N) is 1. The highest BCUT2D eigenvalue weighted by Crippen LogP contribution is 2.15. The maximum absolute atomic E-state index is 11.6. The van der Waals surface area contributed by atoms with E-state index in [9.17, 15) is 9.59 Å². The van der Waals surface area contributed by atoms with Gasteiger partial charge in [0.2, 0.25) is 11.8 Å². The zero-order chi connectivity index (χ0) is 12.7. The van der Waals surface area contributed by atoms with Crippen LogP contribution in [-0.2, 0) is 9.59 Å². The van der Waals surface area contributed by atoms with E-state index in [2.05, 4.69) is 17.1 Å². The van der Waals surface area contributed by atoms with Gasteiger partial charge in [0.25, 0.3) is 0 Å². The normalized spacial score (nSPS) is 20.9. The van der Waals surface area contributed by atoms with Crippen molar-refractivity contribution < 1.29 is 9.59 Å². The number of nitrogens with one attached hydrogen (secondary N) is 2. The highest BCUT2D eigenvalue weighted by Gasteiger charge is 2.20. The fourth-order valence-corrected chi connectivity index (χ4v) is 2.02. The SMILES string of the molecule is [13CH3][C@H]1CCCC[15N]1C[13C](=O)N[13CH2]CC(=O)NN. The monoisotopic (exact) mass is 246 g/mol. The molecule has 4 N–H and O–H groups in total. The van der Waals surface area contributed by atoms with Gasteiger partial charge in [0.15, 0.2) is 0 Å². The molecule has 0 aromatic rings. The van der Waals surface area contributed by atoms with Crippen molar-refractivity contribution >= 4 is 11.8 Å². The summed E-state index contributed by atoms with van der Waals surface area (Å²) in [5.41, 5.74) is 2.03. The molecule has 1 aliphatic heterocycles. The molecular formula is C11H22N4O2. The van der Waals surface area contributed by atoms with Crippen LogP contribution in [0.5, 0.6) is 0 Å². The Morgan fingerprint density at radius 1 is 1.35 bits per heavy atom. The van der Waals surface area contributed by atoms with Gasteiger partial charge in [0.05, 0.1) is 6.54 Å². The van der Waals surface area contributed by atoms with Crippen LogP contribution < -0.4 is 16.6 Å². The lowest BCUT2D eigenvalue weighted by atomic mass is 10.1. The molecule has 0 bridgehead atoms. The number of nitrogens with zero attached hydrogens (tertiary/aromatic N) is 1. The molecule has 0 aliphatic carbocycles. The molecule has 1 rings (SSSR count). The first-order chi connectivity index (χ1) is 8.13. The zero-order valence-corrected chi connectivity index (χ0v) is 10.4. The third kappa shape index (κ3) is 5.14. The Balaban J connectivity index is 2.17. The molecule has 6 nitrogen and oxygen atoms in total. The molecular weight excluding hydrogens is 224 g/mol. The van der Waals surface area contributed by atoms with E-state index in [1.54, 1.807) is 0 Å². The van der Waals surface area contributed by atoms with Crippen molar-refractivity contribution in [1.82, 2.24) is 15.6 Å². The quantitative estimate of drug-likeness (QED) is 0.198. The Morgan fingerprint density at radius 2 is 2.12 bits per heavy atom. The minimum atomic E-state index is -0.267. The van der Waals surface area contributed by atoms with Crippen molar-refractivity contribution in [1.29, 1.82) is 0 Å². The van der Waals surface area contributed by atoms with E-state index in [-0.39, 0.29) is 18.2 Å². The van der Waals surface area contributed by atoms with Crippen LogP contribution in [0.1, 0.15) is 32.6 Å². The lowest BCUT2D eigenvalue weighted by molar-refractivity contribution is -0.123. The molecule has 1 heterocycles. The predicted octanol–water partition coefficient (Wildman–Crippen LogP) is -0.643. The van der Waals surface area contributed by atoms with Crippen molar-refractivity contribution in [3.05, 3.63) is 0 Å². The number of carbonyl (C=O) groups is 2. The largest absolute Gasteiger partial charge is 0.354 e. The summed E-state index contributed by atoms with van der Waals surface area (Å²) >= 11 is 0. The first-order valence-electron chi connectivity index (χ1n) is 6.13. The van der Waals surface area contributed by atoms with E-state index >= 15 is 0 Å². The van der Waals surface area contributed by atoms with Crippen LogP contribution in [0.15, 0.2) is 0 Å². The summed E-state index contributed by atoms with van der Waals surface area (Å²) in [5, 5.41) is 2.72. The smallest absolute Gasteiger partial charge is 0.235 e. The molecule has 6 heteroatoms. The van der Waals surface area contributed by atoms with Gasteiger partial charge < -0.3 is 5.32 Å². The Labute approximate surface area is 102 Å². The number of hydrogen-bond donors (Lipinski definition) is 3. The van der Waals surface area contributed by atoms with Crippen LogP contribution in [0.4, 0.5) is 0 Å². The molecule has 1 saturated heterocycles. The van der Waals surface area contributed by atoms with Gasteiger partial charge in [-0.3, -0.25) is 19.9 Å². The van der Waals surface area contributed by atoms with Crippen LogP contribution in [0.25, 0.3) is 0 Å². The Bertz CT molecular complexity index is 270. The molecule has 2 amide bonds. The van der Waals surface area contributed by atoms with E-state index < -0.39 is 0 Å².